The number of benzene rings is 1. The van der Waals surface area contributed by atoms with Crippen molar-refractivity contribution in [1.29, 1.82) is 0 Å². The average Bonchev–Trinajstić information content (AvgIpc) is 2.20. The molecule has 0 fully saturated rings. The Morgan fingerprint density at radius 2 is 2.00 bits per heavy atom. The molecule has 0 aliphatic rings. The highest BCUT2D eigenvalue weighted by Gasteiger charge is 2.11. The van der Waals surface area contributed by atoms with Crippen LogP contribution in [0.15, 0.2) is 24.3 Å². The Kier molecular flexibility index (Phi) is 5.08. The van der Waals surface area contributed by atoms with Gasteiger partial charge in [-0.05, 0) is 31.7 Å². The number of hydrogen-bond donors (Lipinski definition) is 1. The molecule has 2 nitrogen and oxygen atoms in total. The van der Waals surface area contributed by atoms with Crippen LogP contribution in [0, 0.1) is 6.92 Å². The highest BCUT2D eigenvalue weighted by atomic mass is 127. The molecule has 0 spiro atoms. The first-order valence-electron chi connectivity index (χ1n) is 5.02. The van der Waals surface area contributed by atoms with Crippen LogP contribution in [-0.4, -0.2) is 15.0 Å². The second kappa shape index (κ2) is 6.10. The monoisotopic (exact) mass is 318 g/mol. The fourth-order valence-electron chi connectivity index (χ4n) is 1.36. The van der Waals surface area contributed by atoms with Gasteiger partial charge < -0.3 is 5.11 Å². The van der Waals surface area contributed by atoms with E-state index in [2.05, 4.69) is 31.2 Å². The number of aliphatic carboxylic acids is 1. The minimum absolute atomic E-state index is 0.256. The van der Waals surface area contributed by atoms with E-state index in [4.69, 9.17) is 5.11 Å². The van der Waals surface area contributed by atoms with Gasteiger partial charge in [0.15, 0.2) is 0 Å². The lowest BCUT2D eigenvalue weighted by Gasteiger charge is -2.04. The Hall–Kier alpha value is -0.580. The zero-order valence-electron chi connectivity index (χ0n) is 8.74. The predicted molar refractivity (Wildman–Crippen MR) is 69.6 cm³/mol. The molecule has 0 aromatic heterocycles. The molecular formula is C12H15IO2. The van der Waals surface area contributed by atoms with E-state index in [1.54, 1.807) is 0 Å². The van der Waals surface area contributed by atoms with Gasteiger partial charge >= 0.3 is 5.97 Å². The van der Waals surface area contributed by atoms with Gasteiger partial charge in [0, 0.05) is 0 Å². The average molecular weight is 318 g/mol. The minimum atomic E-state index is -0.709. The van der Waals surface area contributed by atoms with Crippen LogP contribution in [0.4, 0.5) is 0 Å². The third kappa shape index (κ3) is 4.64. The number of hydrogen-bond acceptors (Lipinski definition) is 1. The predicted octanol–water partition coefficient (Wildman–Crippen LogP) is 3.21. The molecule has 0 heterocycles. The summed E-state index contributed by atoms with van der Waals surface area (Å²) in [5.41, 5.74) is 2.55. The van der Waals surface area contributed by atoms with Gasteiger partial charge in [-0.25, -0.2) is 0 Å². The normalized spacial score (nSPS) is 12.4. The highest BCUT2D eigenvalue weighted by Crippen LogP contribution is 2.13. The lowest BCUT2D eigenvalue weighted by atomic mass is 10.1. The van der Waals surface area contributed by atoms with Crippen molar-refractivity contribution in [3.8, 4) is 0 Å². The summed E-state index contributed by atoms with van der Waals surface area (Å²) in [7, 11) is 0. The van der Waals surface area contributed by atoms with Crippen molar-refractivity contribution in [2.24, 2.45) is 0 Å². The van der Waals surface area contributed by atoms with E-state index in [1.165, 1.54) is 11.1 Å². The molecule has 1 aromatic rings. The Morgan fingerprint density at radius 1 is 1.40 bits per heavy atom. The van der Waals surface area contributed by atoms with Gasteiger partial charge in [0.25, 0.3) is 0 Å². The molecule has 0 radical (unpaired) electrons. The maximum atomic E-state index is 10.6. The van der Waals surface area contributed by atoms with Crippen LogP contribution in [0.2, 0.25) is 0 Å². The number of carboxylic acids is 1. The Balaban J connectivity index is 2.32. The number of carboxylic acid groups (broad SMARTS) is 1. The molecule has 1 aromatic carbocycles. The van der Waals surface area contributed by atoms with Gasteiger partial charge in [-0.3, -0.25) is 4.79 Å². The van der Waals surface area contributed by atoms with Crippen LogP contribution in [0.1, 0.15) is 24.0 Å². The van der Waals surface area contributed by atoms with Gasteiger partial charge in [-0.1, -0.05) is 52.4 Å². The summed E-state index contributed by atoms with van der Waals surface area (Å²) in [5.74, 6) is -0.709. The second-order valence-corrected chi connectivity index (χ2v) is 5.19. The largest absolute Gasteiger partial charge is 0.480 e. The molecule has 0 bridgehead atoms. The first kappa shape index (κ1) is 12.5. The Morgan fingerprint density at radius 3 is 2.53 bits per heavy atom. The van der Waals surface area contributed by atoms with Crippen LogP contribution in [0.5, 0.6) is 0 Å². The van der Waals surface area contributed by atoms with Crippen molar-refractivity contribution in [2.75, 3.05) is 0 Å². The number of alkyl halides is 1. The minimum Gasteiger partial charge on any atom is -0.480 e. The summed E-state index contributed by atoms with van der Waals surface area (Å²) in [6.07, 6.45) is 2.64. The molecule has 0 saturated heterocycles. The lowest BCUT2D eigenvalue weighted by Crippen LogP contribution is -2.12. The molecule has 1 unspecified atom stereocenters. The summed E-state index contributed by atoms with van der Waals surface area (Å²) in [4.78, 5) is 10.6. The summed E-state index contributed by atoms with van der Waals surface area (Å²) in [6, 6.07) is 8.40. The highest BCUT2D eigenvalue weighted by molar-refractivity contribution is 14.1. The Bertz CT molecular complexity index is 319. The molecule has 0 amide bonds. The van der Waals surface area contributed by atoms with Crippen molar-refractivity contribution in [3.63, 3.8) is 0 Å². The third-order valence-corrected chi connectivity index (χ3v) is 3.47. The van der Waals surface area contributed by atoms with Crippen molar-refractivity contribution in [3.05, 3.63) is 35.4 Å². The van der Waals surface area contributed by atoms with Crippen LogP contribution in [-0.2, 0) is 11.2 Å². The number of halogens is 1. The van der Waals surface area contributed by atoms with Crippen molar-refractivity contribution < 1.29 is 9.90 Å². The smallest absolute Gasteiger partial charge is 0.316 e. The standard InChI is InChI=1S/C12H15IO2/c1-9-5-7-10(8-6-9)3-2-4-11(13)12(14)15/h5-8,11H,2-4H2,1H3,(H,14,15). The second-order valence-electron chi connectivity index (χ2n) is 3.68. The van der Waals surface area contributed by atoms with Crippen LogP contribution < -0.4 is 0 Å². The van der Waals surface area contributed by atoms with Crippen LogP contribution in [0.3, 0.4) is 0 Å². The molecule has 1 atom stereocenters. The SMILES string of the molecule is Cc1ccc(CCCC(I)C(=O)O)cc1. The quantitative estimate of drug-likeness (QED) is 0.669. The van der Waals surface area contributed by atoms with E-state index in [9.17, 15) is 4.79 Å². The van der Waals surface area contributed by atoms with E-state index >= 15 is 0 Å². The maximum absolute atomic E-state index is 10.6. The van der Waals surface area contributed by atoms with E-state index < -0.39 is 5.97 Å². The fourth-order valence-corrected chi connectivity index (χ4v) is 1.80. The van der Waals surface area contributed by atoms with E-state index in [1.807, 2.05) is 22.6 Å². The zero-order chi connectivity index (χ0) is 11.3. The van der Waals surface area contributed by atoms with Crippen molar-refractivity contribution in [1.82, 2.24) is 0 Å². The molecule has 0 saturated carbocycles. The first-order valence-corrected chi connectivity index (χ1v) is 6.26. The van der Waals surface area contributed by atoms with Gasteiger partial charge in [-0.2, -0.15) is 0 Å². The molecule has 1 rings (SSSR count). The molecule has 1 N–H and O–H groups in total. The van der Waals surface area contributed by atoms with Crippen molar-refractivity contribution >= 4 is 28.6 Å². The van der Waals surface area contributed by atoms with Gasteiger partial charge in [0.05, 0.1) is 0 Å². The van der Waals surface area contributed by atoms with Crippen LogP contribution >= 0.6 is 22.6 Å². The van der Waals surface area contributed by atoms with Crippen LogP contribution in [0.25, 0.3) is 0 Å². The first-order chi connectivity index (χ1) is 7.09. The summed E-state index contributed by atoms with van der Waals surface area (Å²) in [5, 5.41) is 8.71. The lowest BCUT2D eigenvalue weighted by molar-refractivity contribution is -0.136. The zero-order valence-corrected chi connectivity index (χ0v) is 10.9. The third-order valence-electron chi connectivity index (χ3n) is 2.31. The molecule has 0 aliphatic carbocycles. The number of aryl methyl sites for hydroxylation is 2. The molecule has 0 aliphatic heterocycles. The number of carbonyl (C=O) groups is 1. The van der Waals surface area contributed by atoms with E-state index in [-0.39, 0.29) is 3.92 Å². The van der Waals surface area contributed by atoms with Gasteiger partial charge in [0.1, 0.15) is 3.92 Å². The molecule has 82 valence electrons. The summed E-state index contributed by atoms with van der Waals surface area (Å²) < 4.78 is -0.256. The molecule has 15 heavy (non-hydrogen) atoms. The van der Waals surface area contributed by atoms with E-state index in [0.29, 0.717) is 0 Å². The van der Waals surface area contributed by atoms with E-state index in [0.717, 1.165) is 19.3 Å². The molecule has 3 heteroatoms. The van der Waals surface area contributed by atoms with Gasteiger partial charge in [-0.15, -0.1) is 0 Å². The number of rotatable bonds is 5. The summed E-state index contributed by atoms with van der Waals surface area (Å²) >= 11 is 1.98. The Labute approximate surface area is 104 Å². The topological polar surface area (TPSA) is 37.3 Å². The summed E-state index contributed by atoms with van der Waals surface area (Å²) in [6.45, 7) is 2.06. The maximum Gasteiger partial charge on any atom is 0.316 e. The molecular weight excluding hydrogens is 303 g/mol. The fraction of sp³-hybridized carbons (Fsp3) is 0.417. The van der Waals surface area contributed by atoms with Gasteiger partial charge in [0.2, 0.25) is 0 Å². The van der Waals surface area contributed by atoms with Crippen molar-refractivity contribution in [2.45, 2.75) is 30.1 Å².